The number of H-pyrrole nitrogens is 1. The number of carbonyl (C=O) groups excluding carboxylic acids is 1. The average Bonchev–Trinajstić information content (AvgIpc) is 2.36. The normalized spacial score (nSPS) is 17.5. The number of nitrogens with one attached hydrogen (secondary N) is 2. The van der Waals surface area contributed by atoms with E-state index in [-0.39, 0.29) is 17.8 Å². The van der Waals surface area contributed by atoms with Gasteiger partial charge in [0.15, 0.2) is 0 Å². The molecule has 0 fully saturated rings. The van der Waals surface area contributed by atoms with Crippen molar-refractivity contribution in [2.24, 2.45) is 5.92 Å². The molecule has 0 saturated carbocycles. The summed E-state index contributed by atoms with van der Waals surface area (Å²) in [6.45, 7) is 4.24. The third kappa shape index (κ3) is 2.88. The molecule has 114 valence electrons. The third-order valence-electron chi connectivity index (χ3n) is 3.46. The van der Waals surface area contributed by atoms with Crippen molar-refractivity contribution in [1.82, 2.24) is 9.55 Å². The minimum atomic E-state index is -1.26. The van der Waals surface area contributed by atoms with Gasteiger partial charge in [0.1, 0.15) is 5.82 Å². The van der Waals surface area contributed by atoms with Crippen LogP contribution >= 0.6 is 0 Å². The highest BCUT2D eigenvalue weighted by Crippen LogP contribution is 2.28. The predicted octanol–water partition coefficient (Wildman–Crippen LogP) is 0.0931. The van der Waals surface area contributed by atoms with Crippen LogP contribution in [0.25, 0.3) is 0 Å². The Morgan fingerprint density at radius 2 is 2.05 bits per heavy atom. The molecule has 1 aliphatic heterocycles. The van der Waals surface area contributed by atoms with Gasteiger partial charge in [-0.15, -0.1) is 0 Å². The molecule has 1 aliphatic rings. The summed E-state index contributed by atoms with van der Waals surface area (Å²) in [6, 6.07) is 0. The number of amides is 1. The summed E-state index contributed by atoms with van der Waals surface area (Å²) in [6.07, 6.45) is 0.347. The topological polar surface area (TPSA) is 121 Å². The fraction of sp³-hybridized carbons (Fsp3) is 0.538. The molecule has 0 aromatic carbocycles. The van der Waals surface area contributed by atoms with Crippen LogP contribution < -0.4 is 16.6 Å². The van der Waals surface area contributed by atoms with E-state index in [4.69, 9.17) is 0 Å². The molecule has 0 aliphatic carbocycles. The predicted molar refractivity (Wildman–Crippen MR) is 74.4 cm³/mol. The number of aromatic nitrogens is 2. The standard InChI is InChI=1S/C13H17N3O5/c1-6(2)3-4-16-10-9(11(18)15-13(16)21)7(12(19)20)5-8(17)14-10/h6-7H,3-5H2,1-2H3,(H,14,17)(H,19,20)(H,15,18,21)/t7-/m1/s1. The Balaban J connectivity index is 2.61. The molecule has 8 heteroatoms. The lowest BCUT2D eigenvalue weighted by molar-refractivity contribution is -0.140. The maximum Gasteiger partial charge on any atom is 0.329 e. The van der Waals surface area contributed by atoms with Crippen LogP contribution in [0.15, 0.2) is 9.59 Å². The van der Waals surface area contributed by atoms with Crippen LogP contribution in [0.1, 0.15) is 38.2 Å². The summed E-state index contributed by atoms with van der Waals surface area (Å²) in [5, 5.41) is 11.6. The van der Waals surface area contributed by atoms with Crippen LogP contribution in [0.5, 0.6) is 0 Å². The molecule has 1 atom stereocenters. The van der Waals surface area contributed by atoms with Crippen LogP contribution in [0.2, 0.25) is 0 Å². The molecule has 1 aromatic rings. The quantitative estimate of drug-likeness (QED) is 0.727. The first kappa shape index (κ1) is 15.0. The summed E-state index contributed by atoms with van der Waals surface area (Å²) in [5.41, 5.74) is -1.47. The van der Waals surface area contributed by atoms with Crippen molar-refractivity contribution in [2.45, 2.75) is 39.2 Å². The molecule has 21 heavy (non-hydrogen) atoms. The fourth-order valence-electron chi connectivity index (χ4n) is 2.33. The number of anilines is 1. The van der Waals surface area contributed by atoms with Crippen molar-refractivity contribution >= 4 is 17.7 Å². The smallest absolute Gasteiger partial charge is 0.329 e. The maximum absolute atomic E-state index is 11.9. The second-order valence-electron chi connectivity index (χ2n) is 5.50. The molecule has 3 N–H and O–H groups in total. The van der Waals surface area contributed by atoms with E-state index >= 15 is 0 Å². The number of rotatable bonds is 4. The number of fused-ring (bicyclic) bond motifs is 1. The first-order chi connectivity index (χ1) is 9.81. The van der Waals surface area contributed by atoms with Gasteiger partial charge in [0.05, 0.1) is 11.5 Å². The molecule has 8 nitrogen and oxygen atoms in total. The number of carboxylic acids is 1. The average molecular weight is 295 g/mol. The van der Waals surface area contributed by atoms with E-state index in [0.717, 1.165) is 0 Å². The molecule has 0 saturated heterocycles. The van der Waals surface area contributed by atoms with E-state index in [0.29, 0.717) is 18.9 Å². The Bertz CT molecular complexity index is 701. The van der Waals surface area contributed by atoms with Gasteiger partial charge in [-0.05, 0) is 12.3 Å². The lowest BCUT2D eigenvalue weighted by Crippen LogP contribution is -2.41. The second kappa shape index (κ2) is 5.55. The number of carbonyl (C=O) groups is 2. The highest BCUT2D eigenvalue weighted by Gasteiger charge is 2.35. The molecular formula is C13H17N3O5. The fourth-order valence-corrected chi connectivity index (χ4v) is 2.33. The number of carboxylic acid groups (broad SMARTS) is 1. The first-order valence-electron chi connectivity index (χ1n) is 6.71. The Morgan fingerprint density at radius 3 is 2.62 bits per heavy atom. The Hall–Kier alpha value is -2.38. The van der Waals surface area contributed by atoms with Gasteiger partial charge in [-0.2, -0.15) is 0 Å². The highest BCUT2D eigenvalue weighted by atomic mass is 16.4. The number of aliphatic carboxylic acids is 1. The van der Waals surface area contributed by atoms with E-state index < -0.39 is 29.0 Å². The highest BCUT2D eigenvalue weighted by molar-refractivity contribution is 5.98. The summed E-state index contributed by atoms with van der Waals surface area (Å²) in [4.78, 5) is 48.9. The van der Waals surface area contributed by atoms with E-state index in [1.54, 1.807) is 0 Å². The maximum atomic E-state index is 11.9. The molecule has 1 amide bonds. The zero-order valence-electron chi connectivity index (χ0n) is 11.8. The monoisotopic (exact) mass is 295 g/mol. The molecule has 1 aromatic heterocycles. The van der Waals surface area contributed by atoms with E-state index in [9.17, 15) is 24.3 Å². The molecule has 0 unspecified atom stereocenters. The van der Waals surface area contributed by atoms with Crippen LogP contribution in [0.3, 0.4) is 0 Å². The van der Waals surface area contributed by atoms with Gasteiger partial charge < -0.3 is 10.4 Å². The molecule has 2 heterocycles. The van der Waals surface area contributed by atoms with Gasteiger partial charge in [0.2, 0.25) is 5.91 Å². The van der Waals surface area contributed by atoms with Crippen molar-refractivity contribution in [1.29, 1.82) is 0 Å². The van der Waals surface area contributed by atoms with Gasteiger partial charge in [-0.25, -0.2) is 4.79 Å². The largest absolute Gasteiger partial charge is 0.481 e. The van der Waals surface area contributed by atoms with Crippen LogP contribution in [-0.4, -0.2) is 26.5 Å². The molecule has 0 radical (unpaired) electrons. The van der Waals surface area contributed by atoms with Crippen molar-refractivity contribution in [3.8, 4) is 0 Å². The molecule has 2 rings (SSSR count). The number of hydrogen-bond donors (Lipinski definition) is 3. The van der Waals surface area contributed by atoms with Crippen LogP contribution in [0, 0.1) is 5.92 Å². The van der Waals surface area contributed by atoms with Crippen molar-refractivity contribution in [2.75, 3.05) is 5.32 Å². The summed E-state index contributed by atoms with van der Waals surface area (Å²) >= 11 is 0. The van der Waals surface area contributed by atoms with Crippen molar-refractivity contribution in [3.63, 3.8) is 0 Å². The Kier molecular flexibility index (Phi) is 3.97. The minimum Gasteiger partial charge on any atom is -0.481 e. The molecule has 0 spiro atoms. The summed E-state index contributed by atoms with van der Waals surface area (Å²) in [5.74, 6) is -2.69. The van der Waals surface area contributed by atoms with Crippen LogP contribution in [-0.2, 0) is 16.1 Å². The summed E-state index contributed by atoms with van der Waals surface area (Å²) in [7, 11) is 0. The number of nitrogens with zero attached hydrogens (tertiary/aromatic N) is 1. The van der Waals surface area contributed by atoms with Gasteiger partial charge >= 0.3 is 11.7 Å². The van der Waals surface area contributed by atoms with Crippen molar-refractivity contribution < 1.29 is 14.7 Å². The number of hydrogen-bond acceptors (Lipinski definition) is 4. The zero-order valence-corrected chi connectivity index (χ0v) is 11.8. The van der Waals surface area contributed by atoms with E-state index in [2.05, 4.69) is 10.3 Å². The summed E-state index contributed by atoms with van der Waals surface area (Å²) < 4.78 is 1.23. The first-order valence-corrected chi connectivity index (χ1v) is 6.71. The van der Waals surface area contributed by atoms with E-state index in [1.165, 1.54) is 4.57 Å². The Labute approximate surface area is 119 Å². The lowest BCUT2D eigenvalue weighted by Gasteiger charge is -2.24. The minimum absolute atomic E-state index is 0.00745. The van der Waals surface area contributed by atoms with Gasteiger partial charge in [0, 0.05) is 13.0 Å². The van der Waals surface area contributed by atoms with Crippen molar-refractivity contribution in [3.05, 3.63) is 26.4 Å². The zero-order chi connectivity index (χ0) is 15.7. The molecule has 0 bridgehead atoms. The molecular weight excluding hydrogens is 278 g/mol. The lowest BCUT2D eigenvalue weighted by atomic mass is 9.93. The SMILES string of the molecule is CC(C)CCn1c2c(c(=O)[nH]c1=O)[C@H](C(=O)O)CC(=O)N2. The second-order valence-corrected chi connectivity index (χ2v) is 5.50. The van der Waals surface area contributed by atoms with Crippen LogP contribution in [0.4, 0.5) is 5.82 Å². The van der Waals surface area contributed by atoms with Gasteiger partial charge in [-0.1, -0.05) is 13.8 Å². The van der Waals surface area contributed by atoms with Gasteiger partial charge in [-0.3, -0.25) is 23.9 Å². The third-order valence-corrected chi connectivity index (χ3v) is 3.46. The van der Waals surface area contributed by atoms with E-state index in [1.807, 2.05) is 13.8 Å². The number of aromatic amines is 1. The van der Waals surface area contributed by atoms with Gasteiger partial charge in [0.25, 0.3) is 5.56 Å². The Morgan fingerprint density at radius 1 is 1.38 bits per heavy atom.